The molecule has 0 fully saturated rings. The van der Waals surface area contributed by atoms with Gasteiger partial charge in [0.2, 0.25) is 0 Å². The first-order valence-corrected chi connectivity index (χ1v) is 44.7. The monoisotopic (exact) mass is 1300 g/mol. The first-order valence-electron chi connectivity index (χ1n) is 37.7. The lowest BCUT2D eigenvalue weighted by atomic mass is 9.33. The Balaban J connectivity index is 0.964. The fourth-order valence-electron chi connectivity index (χ4n) is 19.9. The van der Waals surface area contributed by atoms with E-state index in [0.717, 1.165) is 38.5 Å². The zero-order chi connectivity index (χ0) is 65.3. The smallest absolute Gasteiger partial charge is 0.252 e. The predicted molar refractivity (Wildman–Crippen MR) is 424 cm³/mol. The summed E-state index contributed by atoms with van der Waals surface area (Å²) in [6.45, 7) is 14.9. The Kier molecular flexibility index (Phi) is 15.4. The first-order chi connectivity index (χ1) is 47.4. The van der Waals surface area contributed by atoms with Crippen LogP contribution in [0.1, 0.15) is 116 Å². The number of hydrogen-bond acceptors (Lipinski definition) is 2. The summed E-state index contributed by atoms with van der Waals surface area (Å²) in [6, 6.07) is 66.7. The number of rotatable bonds is 11. The molecule has 486 valence electrons. The van der Waals surface area contributed by atoms with Crippen molar-refractivity contribution < 1.29 is 0 Å². The van der Waals surface area contributed by atoms with Crippen LogP contribution in [-0.2, 0) is 0 Å². The maximum atomic E-state index is 3.07. The normalized spacial score (nSPS) is 22.7. The zero-order valence-electron chi connectivity index (χ0n) is 58.3. The van der Waals surface area contributed by atoms with Gasteiger partial charge in [-0.15, -0.1) is 0 Å². The second-order valence-corrected chi connectivity index (χ2v) is 42.5. The molecular formula is C90H95BN4Si2. The van der Waals surface area contributed by atoms with Crippen molar-refractivity contribution in [3.63, 3.8) is 0 Å². The van der Waals surface area contributed by atoms with Crippen molar-refractivity contribution in [3.8, 4) is 22.5 Å². The van der Waals surface area contributed by atoms with Crippen LogP contribution in [0.3, 0.4) is 0 Å². The third kappa shape index (κ3) is 10.4. The minimum Gasteiger partial charge on any atom is -0.334 e. The van der Waals surface area contributed by atoms with Crippen molar-refractivity contribution >= 4 is 116 Å². The fraction of sp³-hybridized carbons (Fsp3) is 0.333. The van der Waals surface area contributed by atoms with Gasteiger partial charge >= 0.3 is 0 Å². The van der Waals surface area contributed by atoms with Crippen LogP contribution in [0.25, 0.3) is 66.1 Å². The van der Waals surface area contributed by atoms with Gasteiger partial charge in [-0.25, -0.2) is 0 Å². The largest absolute Gasteiger partial charge is 0.334 e. The Morgan fingerprint density at radius 1 is 0.371 bits per heavy atom. The van der Waals surface area contributed by atoms with E-state index in [1.165, 1.54) is 193 Å². The number of para-hydroxylation sites is 2. The summed E-state index contributed by atoms with van der Waals surface area (Å²) < 4.78 is 5.28. The van der Waals surface area contributed by atoms with Crippen LogP contribution in [0.2, 0.25) is 39.3 Å². The van der Waals surface area contributed by atoms with Gasteiger partial charge in [0, 0.05) is 67.5 Å². The maximum Gasteiger partial charge on any atom is 0.252 e. The molecule has 2 aromatic heterocycles. The average Bonchev–Trinajstić information content (AvgIpc) is 1.30. The minimum absolute atomic E-state index is 0.0349. The third-order valence-electron chi connectivity index (χ3n) is 24.6. The summed E-state index contributed by atoms with van der Waals surface area (Å²) in [7, 11) is -3.28. The summed E-state index contributed by atoms with van der Waals surface area (Å²) in [5, 5.41) is 8.41. The van der Waals surface area contributed by atoms with Crippen LogP contribution >= 0.6 is 0 Å². The molecule has 6 atom stereocenters. The molecule has 0 radical (unpaired) electrons. The number of aromatic nitrogens is 2. The molecule has 0 spiro atoms. The van der Waals surface area contributed by atoms with Gasteiger partial charge in [0.05, 0.1) is 50.3 Å². The number of fused-ring (bicyclic) bond motifs is 10. The van der Waals surface area contributed by atoms with Crippen LogP contribution in [0, 0.1) is 23.7 Å². The van der Waals surface area contributed by atoms with Gasteiger partial charge in [0.25, 0.3) is 6.71 Å². The van der Waals surface area contributed by atoms with E-state index in [1.54, 1.807) is 22.3 Å². The van der Waals surface area contributed by atoms with Crippen molar-refractivity contribution in [2.24, 2.45) is 23.7 Å². The molecule has 4 nitrogen and oxygen atoms in total. The SMILES string of the molecule is C[Si](C)(C)c1ccc2c(c1)c1ccccc1n2-c1ccc2c(c1)N(C1C(C3CC=CCC3)=CCCC1C1=CCCCC1)c1cc(-c3ccccc3)cc3c1B2c1ccc(-n2c4ccccc4c4cc([Si](C)(C)C)ccc42)cc1N3C1C(C2CC=CCC2)=CCCC1C1=CCCCC1. The topological polar surface area (TPSA) is 16.3 Å². The lowest BCUT2D eigenvalue weighted by Crippen LogP contribution is -2.65. The zero-order valence-corrected chi connectivity index (χ0v) is 60.3. The molecule has 0 saturated heterocycles. The molecule has 6 unspecified atom stereocenters. The van der Waals surface area contributed by atoms with E-state index in [4.69, 9.17) is 0 Å². The van der Waals surface area contributed by atoms with E-state index in [9.17, 15) is 0 Å². The van der Waals surface area contributed by atoms with Gasteiger partial charge < -0.3 is 18.9 Å². The summed E-state index contributed by atoms with van der Waals surface area (Å²) in [5.41, 5.74) is 27.0. The molecule has 6 aliphatic carbocycles. The van der Waals surface area contributed by atoms with Gasteiger partial charge in [-0.3, -0.25) is 0 Å². The molecule has 97 heavy (non-hydrogen) atoms. The van der Waals surface area contributed by atoms with Crippen LogP contribution in [0.4, 0.5) is 22.7 Å². The van der Waals surface area contributed by atoms with E-state index >= 15 is 0 Å². The van der Waals surface area contributed by atoms with E-state index in [-0.39, 0.29) is 18.8 Å². The second kappa shape index (κ2) is 24.4. The molecule has 8 aromatic carbocycles. The second-order valence-electron chi connectivity index (χ2n) is 32.3. The van der Waals surface area contributed by atoms with Gasteiger partial charge in [0.15, 0.2) is 0 Å². The lowest BCUT2D eigenvalue weighted by Gasteiger charge is -2.53. The highest BCUT2D eigenvalue weighted by Crippen LogP contribution is 2.54. The molecule has 7 heteroatoms. The highest BCUT2D eigenvalue weighted by atomic mass is 28.3. The predicted octanol–water partition coefficient (Wildman–Crippen LogP) is 21.2. The number of hydrogen-bond donors (Lipinski definition) is 0. The van der Waals surface area contributed by atoms with Gasteiger partial charge in [-0.05, 0) is 227 Å². The van der Waals surface area contributed by atoms with Gasteiger partial charge in [0.1, 0.15) is 0 Å². The number of allylic oxidation sites excluding steroid dienone is 8. The summed E-state index contributed by atoms with van der Waals surface area (Å²) >= 11 is 0. The number of nitrogens with zero attached hydrogens (tertiary/aromatic N) is 4. The minimum atomic E-state index is -1.64. The third-order valence-corrected chi connectivity index (χ3v) is 28.7. The van der Waals surface area contributed by atoms with E-state index in [2.05, 4.69) is 271 Å². The molecule has 10 aromatic rings. The Morgan fingerprint density at radius 3 is 1.28 bits per heavy atom. The summed E-state index contributed by atoms with van der Waals surface area (Å²) in [5.74, 6) is 1.75. The van der Waals surface area contributed by atoms with Crippen molar-refractivity contribution in [2.45, 2.75) is 167 Å². The lowest BCUT2D eigenvalue weighted by molar-refractivity contribution is 0.391. The van der Waals surface area contributed by atoms with Crippen molar-refractivity contribution in [1.82, 2.24) is 9.13 Å². The summed E-state index contributed by atoms with van der Waals surface area (Å²) in [4.78, 5) is 6.13. The highest BCUT2D eigenvalue weighted by molar-refractivity contribution is 7.00. The molecule has 4 heterocycles. The molecule has 0 bridgehead atoms. The van der Waals surface area contributed by atoms with E-state index in [1.807, 2.05) is 0 Å². The molecule has 2 aliphatic heterocycles. The average molecular weight is 1300 g/mol. The van der Waals surface area contributed by atoms with E-state index < -0.39 is 16.1 Å². The van der Waals surface area contributed by atoms with Crippen molar-refractivity contribution in [1.29, 1.82) is 0 Å². The van der Waals surface area contributed by atoms with Gasteiger partial charge in [-0.2, -0.15) is 0 Å². The Morgan fingerprint density at radius 2 is 0.835 bits per heavy atom. The Bertz CT molecular complexity index is 4710. The molecule has 18 rings (SSSR count). The Hall–Kier alpha value is -8.10. The molecule has 0 amide bonds. The fourth-order valence-corrected chi connectivity index (χ4v) is 22.2. The first kappa shape index (κ1) is 61.2. The number of benzene rings is 8. The number of anilines is 4. The quantitative estimate of drug-likeness (QED) is 0.0948. The molecule has 0 N–H and O–H groups in total. The van der Waals surface area contributed by atoms with Crippen LogP contribution in [0.5, 0.6) is 0 Å². The summed E-state index contributed by atoms with van der Waals surface area (Å²) in [6.07, 6.45) is 42.5. The standard InChI is InChI=1S/C90H95BN4Si2/c1-96(2,3)68-48-52-82-76(58-68)74-38-22-24-44-80(74)92(82)66-46-50-78-84(56-66)94(89-70(61-30-14-8-15-31-61)40-26-41-71(89)62-32-16-9-17-33-62)86-54-65(60-28-12-7-13-29-60)55-87-88(86)91(78)79-51-47-67(93-81-45-25-23-39-75(81)77-59-69(97(4,5)6)49-53-83(77)93)57-85(79)95(87)90-72(63-34-18-10-19-35-63)42-27-43-73(90)64-36-20-11-21-37-64/h7-8,10,12-14,18,22-25,28-29,32,36,38-40,42,44-59,61,63,71,73,89-90H,9,11,15-17,19-21,26-27,30-31,33-35,37,41,43H2,1-6H3. The van der Waals surface area contributed by atoms with Gasteiger partial charge in [-0.1, -0.05) is 213 Å². The van der Waals surface area contributed by atoms with Crippen LogP contribution in [0.15, 0.2) is 235 Å². The Labute approximate surface area is 579 Å². The van der Waals surface area contributed by atoms with Crippen LogP contribution in [-0.4, -0.2) is 44.1 Å². The maximum absolute atomic E-state index is 3.07. The molecular weight excluding hydrogens is 1200 g/mol. The molecule has 8 aliphatic rings. The van der Waals surface area contributed by atoms with Crippen LogP contribution < -0.4 is 36.6 Å². The molecule has 0 saturated carbocycles. The van der Waals surface area contributed by atoms with E-state index in [0.29, 0.717) is 23.7 Å². The van der Waals surface area contributed by atoms with Crippen molar-refractivity contribution in [2.75, 3.05) is 9.80 Å². The highest BCUT2D eigenvalue weighted by Gasteiger charge is 2.51. The van der Waals surface area contributed by atoms with Crippen molar-refractivity contribution in [3.05, 3.63) is 235 Å².